The predicted molar refractivity (Wildman–Crippen MR) is 323 cm³/mol. The third-order valence-corrected chi connectivity index (χ3v) is 17.8. The van der Waals surface area contributed by atoms with Gasteiger partial charge in [0.15, 0.2) is 17.9 Å². The van der Waals surface area contributed by atoms with Gasteiger partial charge in [-0.1, -0.05) is 45.2 Å². The van der Waals surface area contributed by atoms with E-state index >= 15 is 0 Å². The van der Waals surface area contributed by atoms with Crippen molar-refractivity contribution in [1.29, 1.82) is 0 Å². The maximum atomic E-state index is 14.4. The number of methoxy groups -OCH3 is 1. The number of amides is 9. The summed E-state index contributed by atoms with van der Waals surface area (Å²) in [4.78, 5) is 164. The number of fused-ring (bicyclic) bond motifs is 3. The Balaban J connectivity index is 1.04. The van der Waals surface area contributed by atoms with E-state index in [4.69, 9.17) is 19.9 Å². The maximum absolute atomic E-state index is 14.4. The lowest BCUT2D eigenvalue weighted by molar-refractivity contribution is -0.249. The van der Waals surface area contributed by atoms with Crippen molar-refractivity contribution >= 4 is 70.5 Å². The number of β-amino-alcohol motifs (C(OH)–C–C–N with tert-alkyl or cyclic N) is 1. The Morgan fingerprint density at radius 1 is 0.755 bits per heavy atom. The van der Waals surface area contributed by atoms with Crippen LogP contribution >= 0.6 is 0 Å². The van der Waals surface area contributed by atoms with E-state index in [1.54, 1.807) is 13.8 Å². The number of primary amides is 1. The summed E-state index contributed by atoms with van der Waals surface area (Å²) in [5.41, 5.74) is 0.598. The Labute approximate surface area is 539 Å². The average molecular weight is 1320 g/mol. The van der Waals surface area contributed by atoms with Gasteiger partial charge < -0.3 is 103 Å². The molecule has 32 nitrogen and oxygen atoms in total. The second-order valence-electron chi connectivity index (χ2n) is 25.0. The number of benzene rings is 2. The molecule has 5 aliphatic rings. The lowest BCUT2D eigenvalue weighted by atomic mass is 9.72. The van der Waals surface area contributed by atoms with E-state index in [1.807, 2.05) is 0 Å². The highest BCUT2D eigenvalue weighted by molar-refractivity contribution is 6.31. The molecule has 7 rings (SSSR count). The van der Waals surface area contributed by atoms with Crippen LogP contribution in [0.3, 0.4) is 0 Å². The number of ether oxygens (including phenoxy) is 3. The number of Topliss-reactive ketones (excluding diaryl/α,β-unsaturated/α-hetero) is 1. The SMILES string of the molecule is COc1cccc2c1C(=O)c1c(O)c3c(c(O)c1C2=O)C[C@@](O)(C(=O)CO)C[C@@H]3OC1CC(NC(=O)[C@H](CC(C)C)NC(=O)[C@H](CO)NC(=O)[C@@H](CCC(N)=O)NC(=O)[C@@H](NC(=O)[C@H](CO)NC(=O)[C@H](C)NC(=O)C2CC(O)CN2C(C)=O)C2CCCCC2)C(O)C(C)O1. The molecule has 14 atom stereocenters. The van der Waals surface area contributed by atoms with Crippen LogP contribution in [0.1, 0.15) is 154 Å². The van der Waals surface area contributed by atoms with Crippen LogP contribution < -0.4 is 47.7 Å². The van der Waals surface area contributed by atoms with Crippen molar-refractivity contribution in [1.82, 2.24) is 42.1 Å². The van der Waals surface area contributed by atoms with Gasteiger partial charge in [-0.2, -0.15) is 0 Å². The molecule has 1 saturated carbocycles. The van der Waals surface area contributed by atoms with Gasteiger partial charge >= 0.3 is 0 Å². The molecule has 3 aliphatic carbocycles. The van der Waals surface area contributed by atoms with Gasteiger partial charge in [0.2, 0.25) is 58.9 Å². The van der Waals surface area contributed by atoms with Gasteiger partial charge in [0, 0.05) is 62.3 Å². The number of carbonyl (C=O) groups is 12. The van der Waals surface area contributed by atoms with Gasteiger partial charge in [-0.05, 0) is 57.4 Å². The first kappa shape index (κ1) is 73.2. The highest BCUT2D eigenvalue weighted by Crippen LogP contribution is 2.53. The number of hydrogen-bond donors (Lipinski definition) is 16. The highest BCUT2D eigenvalue weighted by Gasteiger charge is 2.51. The number of rotatable bonds is 27. The standard InChI is InChI=1S/C62H85N9O23/c1-26(2)17-36(57(86)66-35-19-44(93-28(4)50(35)79)94-41-21-62(91,42(77)25-74)20-33-46(41)54(83)48-47(52(33)81)51(80)32-13-10-14-40(92-6)45(32)53(48)82)67-58(87)37(23-72)69-56(85)34(15-16-43(63)78)65-61(90)49(30-11-8-7-9-12-30)70-59(88)38(24-73)68-55(84)27(3)64-60(89)39-18-31(76)22-71(39)29(5)75/h10,13-14,26-28,30-31,34-39,41,44,49-50,72-74,76,79,81,83,91H,7-9,11-12,15-25H2,1-6H3,(H2,63,78)(H,64,89)(H,65,90)(H,66,86)(H,67,87)(H,68,84)(H,69,85)(H,70,88)/t27-,28?,31?,34+,35?,36-,37-,38-,39?,41-,44?,49-,50?,62-/m0/s1. The van der Waals surface area contributed by atoms with Crippen LogP contribution in [0.4, 0.5) is 0 Å². The predicted octanol–water partition coefficient (Wildman–Crippen LogP) is -4.05. The molecule has 17 N–H and O–H groups in total. The Morgan fingerprint density at radius 2 is 1.36 bits per heavy atom. The molecule has 6 unspecified atom stereocenters. The van der Waals surface area contributed by atoms with Gasteiger partial charge in [0.1, 0.15) is 77.9 Å². The first-order valence-electron chi connectivity index (χ1n) is 31.2. The van der Waals surface area contributed by atoms with Gasteiger partial charge in [0.25, 0.3) is 0 Å². The number of phenolic OH excluding ortho intramolecular Hbond substituents is 2. The molecule has 0 spiro atoms. The lowest BCUT2D eigenvalue weighted by Crippen LogP contribution is -2.62. The second-order valence-corrected chi connectivity index (χ2v) is 25.0. The summed E-state index contributed by atoms with van der Waals surface area (Å²) < 4.78 is 17.7. The van der Waals surface area contributed by atoms with Crippen molar-refractivity contribution < 1.29 is 113 Å². The number of nitrogens with one attached hydrogen (secondary N) is 7. The minimum absolute atomic E-state index is 0.0222. The Morgan fingerprint density at radius 3 is 1.97 bits per heavy atom. The minimum Gasteiger partial charge on any atom is -0.507 e. The molecule has 3 fully saturated rings. The van der Waals surface area contributed by atoms with Crippen LogP contribution in [0, 0.1) is 11.8 Å². The quantitative estimate of drug-likeness (QED) is 0.0323. The van der Waals surface area contributed by atoms with Crippen molar-refractivity contribution in [3.05, 3.63) is 51.6 Å². The fourth-order valence-electron chi connectivity index (χ4n) is 12.8. The molecule has 0 radical (unpaired) electrons. The molecule has 0 aromatic heterocycles. The van der Waals surface area contributed by atoms with Crippen LogP contribution in [0.5, 0.6) is 17.2 Å². The highest BCUT2D eigenvalue weighted by atomic mass is 16.7. The number of hydrogen-bond acceptors (Lipinski definition) is 23. The lowest BCUT2D eigenvalue weighted by Gasteiger charge is -2.43. The van der Waals surface area contributed by atoms with Gasteiger partial charge in [0.05, 0.1) is 61.4 Å². The Hall–Kier alpha value is -8.24. The van der Waals surface area contributed by atoms with Crippen molar-refractivity contribution in [2.75, 3.05) is 33.5 Å². The first-order chi connectivity index (χ1) is 44.4. The molecule has 32 heteroatoms. The van der Waals surface area contributed by atoms with Crippen LogP contribution in [0.15, 0.2) is 18.2 Å². The van der Waals surface area contributed by atoms with Crippen molar-refractivity contribution in [3.63, 3.8) is 0 Å². The van der Waals surface area contributed by atoms with Crippen molar-refractivity contribution in [2.45, 2.75) is 196 Å². The summed E-state index contributed by atoms with van der Waals surface area (Å²) in [5, 5.41) is 105. The third kappa shape index (κ3) is 16.4. The number of ketones is 3. The summed E-state index contributed by atoms with van der Waals surface area (Å²) in [7, 11) is 1.25. The van der Waals surface area contributed by atoms with E-state index in [9.17, 15) is 98.4 Å². The fourth-order valence-corrected chi connectivity index (χ4v) is 12.8. The normalized spacial score (nSPS) is 24.5. The minimum atomic E-state index is -2.50. The van der Waals surface area contributed by atoms with E-state index < -0.39 is 236 Å². The van der Waals surface area contributed by atoms with Crippen molar-refractivity contribution in [3.8, 4) is 17.2 Å². The molecule has 2 saturated heterocycles. The average Bonchev–Trinajstić information content (AvgIpc) is 0.794. The molecule has 2 heterocycles. The van der Waals surface area contributed by atoms with Gasteiger partial charge in [-0.15, -0.1) is 0 Å². The molecular weight excluding hydrogens is 1240 g/mol. The van der Waals surface area contributed by atoms with E-state index in [1.165, 1.54) is 46.1 Å². The largest absolute Gasteiger partial charge is 0.507 e. The molecule has 516 valence electrons. The molecular formula is C62H85N9O23. The van der Waals surface area contributed by atoms with E-state index in [2.05, 4.69) is 37.2 Å². The molecule has 2 aliphatic heterocycles. The summed E-state index contributed by atoms with van der Waals surface area (Å²) >= 11 is 0. The van der Waals surface area contributed by atoms with E-state index in [0.717, 1.165) is 11.3 Å². The van der Waals surface area contributed by atoms with E-state index in [0.29, 0.717) is 25.7 Å². The number of likely N-dealkylation sites (tertiary alicyclic amines) is 1. The Bertz CT molecular complexity index is 3270. The zero-order valence-electron chi connectivity index (χ0n) is 52.9. The number of aliphatic hydroxyl groups excluding tert-OH is 5. The monoisotopic (exact) mass is 1320 g/mol. The number of aliphatic hydroxyl groups is 6. The first-order valence-corrected chi connectivity index (χ1v) is 31.2. The topological polar surface area (TPSA) is 508 Å². The molecule has 0 bridgehead atoms. The summed E-state index contributed by atoms with van der Waals surface area (Å²) in [5.74, 6) is -13.8. The molecule has 2 aromatic carbocycles. The molecule has 9 amide bonds. The fraction of sp³-hybridized carbons (Fsp3) is 0.613. The van der Waals surface area contributed by atoms with Gasteiger partial charge in [-0.3, -0.25) is 57.5 Å². The zero-order valence-corrected chi connectivity index (χ0v) is 52.9. The number of carbonyl (C=O) groups excluding carboxylic acids is 12. The number of aromatic hydroxyl groups is 2. The smallest absolute Gasteiger partial charge is 0.245 e. The van der Waals surface area contributed by atoms with Crippen LogP contribution in [-0.2, 0) is 63.8 Å². The van der Waals surface area contributed by atoms with Crippen molar-refractivity contribution in [2.24, 2.45) is 17.6 Å². The summed E-state index contributed by atoms with van der Waals surface area (Å²) in [6.07, 6.45) is -7.03. The van der Waals surface area contributed by atoms with Crippen LogP contribution in [-0.4, -0.2) is 228 Å². The summed E-state index contributed by atoms with van der Waals surface area (Å²) in [6, 6.07) is -7.66. The van der Waals surface area contributed by atoms with Crippen LogP contribution in [0.2, 0.25) is 0 Å². The number of nitrogens with two attached hydrogens (primary N) is 1. The number of nitrogens with zero attached hydrogens (tertiary/aromatic N) is 1. The molecule has 2 aromatic rings. The van der Waals surface area contributed by atoms with Gasteiger partial charge in [-0.25, -0.2) is 0 Å². The van der Waals surface area contributed by atoms with Crippen LogP contribution in [0.25, 0.3) is 0 Å². The maximum Gasteiger partial charge on any atom is 0.245 e. The second kappa shape index (κ2) is 31.3. The zero-order chi connectivity index (χ0) is 69.4. The summed E-state index contributed by atoms with van der Waals surface area (Å²) in [6.45, 7) is 3.93. The third-order valence-electron chi connectivity index (χ3n) is 17.8. The Kier molecular flexibility index (Phi) is 24.4. The number of phenols is 2. The molecule has 94 heavy (non-hydrogen) atoms. The van der Waals surface area contributed by atoms with E-state index in [-0.39, 0.29) is 53.3 Å².